The highest BCUT2D eigenvalue weighted by Crippen LogP contribution is 2.21. The molecule has 2 fully saturated rings. The maximum absolute atomic E-state index is 5.91. The van der Waals surface area contributed by atoms with Gasteiger partial charge in [-0.05, 0) is 12.8 Å². The highest BCUT2D eigenvalue weighted by Gasteiger charge is 2.20. The third-order valence-electron chi connectivity index (χ3n) is 3.99. The molecule has 2 aliphatic rings. The van der Waals surface area contributed by atoms with E-state index in [0.717, 1.165) is 38.5 Å². The zero-order valence-electron chi connectivity index (χ0n) is 11.4. The third kappa shape index (κ3) is 3.35. The topological polar surface area (TPSA) is 48.3 Å². The van der Waals surface area contributed by atoms with Gasteiger partial charge in [0.25, 0.3) is 0 Å². The molecule has 1 N–H and O–H groups in total. The zero-order valence-corrected chi connectivity index (χ0v) is 11.4. The molecule has 106 valence electrons. The average Bonchev–Trinajstić information content (AvgIpc) is 3.11. The molecule has 1 aliphatic heterocycles. The number of morpholine rings is 1. The van der Waals surface area contributed by atoms with Crippen LogP contribution >= 0.6 is 0 Å². The van der Waals surface area contributed by atoms with Crippen LogP contribution in [0.1, 0.15) is 37.5 Å². The van der Waals surface area contributed by atoms with E-state index in [4.69, 9.17) is 9.47 Å². The largest absolute Gasteiger partial charge is 0.376 e. The molecule has 1 aliphatic carbocycles. The van der Waals surface area contributed by atoms with Gasteiger partial charge in [0, 0.05) is 19.6 Å². The summed E-state index contributed by atoms with van der Waals surface area (Å²) in [5.41, 5.74) is 1.15. The number of nitrogens with zero attached hydrogens (tertiary/aromatic N) is 2. The van der Waals surface area contributed by atoms with Gasteiger partial charge in [-0.2, -0.15) is 0 Å². The van der Waals surface area contributed by atoms with Crippen molar-refractivity contribution in [1.82, 2.24) is 14.9 Å². The lowest BCUT2D eigenvalue weighted by molar-refractivity contribution is 0.0196. The lowest BCUT2D eigenvalue weighted by atomic mass is 10.2. The monoisotopic (exact) mass is 265 g/mol. The number of aromatic nitrogens is 2. The van der Waals surface area contributed by atoms with E-state index in [0.29, 0.717) is 6.10 Å². The molecule has 1 atom stereocenters. The Morgan fingerprint density at radius 2 is 2.32 bits per heavy atom. The van der Waals surface area contributed by atoms with Crippen LogP contribution in [0.25, 0.3) is 0 Å². The zero-order chi connectivity index (χ0) is 12.9. The Morgan fingerprint density at radius 1 is 1.42 bits per heavy atom. The van der Waals surface area contributed by atoms with Crippen LogP contribution in [0.5, 0.6) is 0 Å². The molecule has 1 saturated heterocycles. The minimum Gasteiger partial charge on any atom is -0.376 e. The summed E-state index contributed by atoms with van der Waals surface area (Å²) in [6.07, 6.45) is 9.50. The van der Waals surface area contributed by atoms with Crippen LogP contribution in [-0.4, -0.2) is 42.0 Å². The van der Waals surface area contributed by atoms with Gasteiger partial charge in [0.2, 0.25) is 0 Å². The quantitative estimate of drug-likeness (QED) is 0.876. The molecule has 1 aromatic rings. The minimum absolute atomic E-state index is 0.128. The Hall–Kier alpha value is -0.910. The number of imidazole rings is 1. The predicted molar refractivity (Wildman–Crippen MR) is 72.0 cm³/mol. The average molecular weight is 265 g/mol. The number of hydrogen-bond acceptors (Lipinski definition) is 4. The van der Waals surface area contributed by atoms with Crippen LogP contribution in [0.2, 0.25) is 0 Å². The van der Waals surface area contributed by atoms with Crippen molar-refractivity contribution >= 4 is 0 Å². The van der Waals surface area contributed by atoms with E-state index in [-0.39, 0.29) is 6.10 Å². The van der Waals surface area contributed by atoms with Crippen LogP contribution in [0.15, 0.2) is 12.5 Å². The highest BCUT2D eigenvalue weighted by molar-refractivity contribution is 5.04. The SMILES string of the molecule is c1ncn(CCOC2CCCC2)c1C1CNCCO1. The van der Waals surface area contributed by atoms with Crippen molar-refractivity contribution in [2.45, 2.75) is 44.4 Å². The summed E-state index contributed by atoms with van der Waals surface area (Å²) >= 11 is 0. The number of hydrogen-bond donors (Lipinski definition) is 1. The second-order valence-corrected chi connectivity index (χ2v) is 5.35. The molecule has 1 saturated carbocycles. The van der Waals surface area contributed by atoms with Gasteiger partial charge >= 0.3 is 0 Å². The van der Waals surface area contributed by atoms with Crippen molar-refractivity contribution in [3.05, 3.63) is 18.2 Å². The van der Waals surface area contributed by atoms with Crippen molar-refractivity contribution in [1.29, 1.82) is 0 Å². The standard InChI is InChI=1S/C14H23N3O2/c1-2-4-12(3-1)18-8-6-17-11-16-9-13(17)14-10-15-5-7-19-14/h9,11-12,14-15H,1-8,10H2. The molecule has 5 nitrogen and oxygen atoms in total. The van der Waals surface area contributed by atoms with Crippen LogP contribution in [-0.2, 0) is 16.0 Å². The summed E-state index contributed by atoms with van der Waals surface area (Å²) in [5.74, 6) is 0. The maximum atomic E-state index is 5.91. The minimum atomic E-state index is 0.128. The molecule has 1 aromatic heterocycles. The van der Waals surface area contributed by atoms with E-state index >= 15 is 0 Å². The van der Waals surface area contributed by atoms with Crippen molar-refractivity contribution in [3.8, 4) is 0 Å². The third-order valence-corrected chi connectivity index (χ3v) is 3.99. The van der Waals surface area contributed by atoms with Gasteiger partial charge in [0.05, 0.1) is 37.5 Å². The number of rotatable bonds is 5. The molecule has 1 unspecified atom stereocenters. The first-order chi connectivity index (χ1) is 9.43. The summed E-state index contributed by atoms with van der Waals surface area (Å²) < 4.78 is 13.9. The van der Waals surface area contributed by atoms with Crippen molar-refractivity contribution < 1.29 is 9.47 Å². The van der Waals surface area contributed by atoms with Gasteiger partial charge in [-0.15, -0.1) is 0 Å². The van der Waals surface area contributed by atoms with Gasteiger partial charge < -0.3 is 19.4 Å². The first kappa shape index (κ1) is 13.1. The molecule has 0 aromatic carbocycles. The van der Waals surface area contributed by atoms with Crippen LogP contribution < -0.4 is 5.32 Å². The van der Waals surface area contributed by atoms with E-state index in [1.807, 2.05) is 12.5 Å². The molecule has 0 amide bonds. The number of ether oxygens (including phenoxy) is 2. The molecule has 2 heterocycles. The van der Waals surface area contributed by atoms with E-state index < -0.39 is 0 Å². The maximum Gasteiger partial charge on any atom is 0.111 e. The molecule has 0 spiro atoms. The van der Waals surface area contributed by atoms with E-state index in [1.165, 1.54) is 25.7 Å². The molecular weight excluding hydrogens is 242 g/mol. The molecule has 19 heavy (non-hydrogen) atoms. The van der Waals surface area contributed by atoms with E-state index in [2.05, 4.69) is 14.9 Å². The lowest BCUT2D eigenvalue weighted by Crippen LogP contribution is -2.34. The molecule has 5 heteroatoms. The van der Waals surface area contributed by atoms with Gasteiger partial charge in [-0.25, -0.2) is 4.98 Å². The first-order valence-corrected chi connectivity index (χ1v) is 7.37. The second kappa shape index (κ2) is 6.50. The Kier molecular flexibility index (Phi) is 4.48. The fourth-order valence-corrected chi connectivity index (χ4v) is 2.91. The second-order valence-electron chi connectivity index (χ2n) is 5.35. The Labute approximate surface area is 114 Å². The van der Waals surface area contributed by atoms with Crippen LogP contribution in [0, 0.1) is 0 Å². The Bertz CT molecular complexity index is 382. The van der Waals surface area contributed by atoms with Crippen molar-refractivity contribution in [3.63, 3.8) is 0 Å². The Morgan fingerprint density at radius 3 is 3.11 bits per heavy atom. The summed E-state index contributed by atoms with van der Waals surface area (Å²) in [6.45, 7) is 4.22. The first-order valence-electron chi connectivity index (χ1n) is 7.37. The van der Waals surface area contributed by atoms with E-state index in [9.17, 15) is 0 Å². The van der Waals surface area contributed by atoms with E-state index in [1.54, 1.807) is 0 Å². The molecular formula is C14H23N3O2. The smallest absolute Gasteiger partial charge is 0.111 e. The molecule has 0 radical (unpaired) electrons. The normalized spacial score (nSPS) is 24.9. The van der Waals surface area contributed by atoms with Gasteiger partial charge in [0.1, 0.15) is 6.10 Å². The summed E-state index contributed by atoms with van der Waals surface area (Å²) in [4.78, 5) is 4.25. The summed E-state index contributed by atoms with van der Waals surface area (Å²) in [7, 11) is 0. The number of nitrogens with one attached hydrogen (secondary N) is 1. The van der Waals surface area contributed by atoms with Gasteiger partial charge in [-0.1, -0.05) is 12.8 Å². The van der Waals surface area contributed by atoms with Gasteiger partial charge in [-0.3, -0.25) is 0 Å². The predicted octanol–water partition coefficient (Wildman–Crippen LogP) is 1.50. The summed E-state index contributed by atoms with van der Waals surface area (Å²) in [5, 5.41) is 3.35. The van der Waals surface area contributed by atoms with Crippen molar-refractivity contribution in [2.75, 3.05) is 26.3 Å². The lowest BCUT2D eigenvalue weighted by Gasteiger charge is -2.24. The van der Waals surface area contributed by atoms with Crippen LogP contribution in [0.3, 0.4) is 0 Å². The summed E-state index contributed by atoms with van der Waals surface area (Å²) in [6, 6.07) is 0. The van der Waals surface area contributed by atoms with Crippen molar-refractivity contribution in [2.24, 2.45) is 0 Å². The highest BCUT2D eigenvalue weighted by atomic mass is 16.5. The molecule has 3 rings (SSSR count). The Balaban J connectivity index is 1.51. The van der Waals surface area contributed by atoms with Gasteiger partial charge in [0.15, 0.2) is 0 Å². The fourth-order valence-electron chi connectivity index (χ4n) is 2.91. The fraction of sp³-hybridized carbons (Fsp3) is 0.786. The molecule has 0 bridgehead atoms. The van der Waals surface area contributed by atoms with Crippen LogP contribution in [0.4, 0.5) is 0 Å².